The molecule has 1 aromatic heterocycles. The van der Waals surface area contributed by atoms with Gasteiger partial charge in [-0.25, -0.2) is 4.79 Å². The molecule has 0 spiro atoms. The van der Waals surface area contributed by atoms with Crippen molar-refractivity contribution >= 4 is 23.3 Å². The molecule has 1 unspecified atom stereocenters. The normalized spacial score (nSPS) is 11.4. The zero-order valence-electron chi connectivity index (χ0n) is 13.1. The molecule has 1 amide bonds. The number of para-hydroxylation sites is 1. The number of nitrogens with zero attached hydrogens (tertiary/aromatic N) is 1. The van der Waals surface area contributed by atoms with Gasteiger partial charge in [0.25, 0.3) is 5.91 Å². The molecule has 0 radical (unpaired) electrons. The topological polar surface area (TPSA) is 111 Å². The highest BCUT2D eigenvalue weighted by molar-refractivity contribution is 6.04. The fourth-order valence-corrected chi connectivity index (χ4v) is 2.12. The fraction of sp³-hybridized carbons (Fsp3) is 0.176. The Hall–Kier alpha value is -3.22. The van der Waals surface area contributed by atoms with E-state index in [2.05, 4.69) is 15.0 Å². The van der Waals surface area contributed by atoms with Gasteiger partial charge in [-0.05, 0) is 24.3 Å². The summed E-state index contributed by atoms with van der Waals surface area (Å²) in [6, 6.07) is 8.56. The third-order valence-corrected chi connectivity index (χ3v) is 3.37. The molecule has 2 rings (SSSR count). The minimum Gasteiger partial charge on any atom is -0.467 e. The molecule has 0 fully saturated rings. The van der Waals surface area contributed by atoms with Crippen LogP contribution in [0.2, 0.25) is 0 Å². The van der Waals surface area contributed by atoms with Crippen molar-refractivity contribution in [1.82, 2.24) is 10.3 Å². The zero-order chi connectivity index (χ0) is 17.5. The highest BCUT2D eigenvalue weighted by atomic mass is 16.5. The molecule has 1 aromatic carbocycles. The van der Waals surface area contributed by atoms with Crippen molar-refractivity contribution in [2.75, 3.05) is 12.8 Å². The maximum atomic E-state index is 12.4. The van der Waals surface area contributed by atoms with E-state index < -0.39 is 17.9 Å². The number of amides is 1. The smallest absolute Gasteiger partial charge is 0.328 e. The predicted octanol–water partition coefficient (Wildman–Crippen LogP) is 1.21. The lowest BCUT2D eigenvalue weighted by Gasteiger charge is -2.16. The largest absolute Gasteiger partial charge is 0.467 e. The summed E-state index contributed by atoms with van der Waals surface area (Å²) in [6.07, 6.45) is 2.63. The number of carbonyl (C=O) groups excluding carboxylic acids is 3. The molecule has 1 heterocycles. The average molecular weight is 327 g/mol. The van der Waals surface area contributed by atoms with Gasteiger partial charge >= 0.3 is 5.97 Å². The molecule has 0 saturated carbocycles. The third-order valence-electron chi connectivity index (χ3n) is 3.37. The van der Waals surface area contributed by atoms with E-state index in [0.29, 0.717) is 11.3 Å². The first-order chi connectivity index (χ1) is 11.5. The number of ketones is 1. The van der Waals surface area contributed by atoms with Crippen LogP contribution >= 0.6 is 0 Å². The van der Waals surface area contributed by atoms with Gasteiger partial charge in [-0.15, -0.1) is 0 Å². The molecule has 1 atom stereocenters. The van der Waals surface area contributed by atoms with Crippen molar-refractivity contribution in [2.24, 2.45) is 0 Å². The second-order valence-electron chi connectivity index (χ2n) is 5.01. The number of nitrogens with one attached hydrogen (secondary N) is 1. The minimum absolute atomic E-state index is 0.257. The average Bonchev–Trinajstić information content (AvgIpc) is 2.61. The second-order valence-corrected chi connectivity index (χ2v) is 5.01. The van der Waals surface area contributed by atoms with Crippen molar-refractivity contribution in [1.29, 1.82) is 0 Å². The molecule has 7 heteroatoms. The third kappa shape index (κ3) is 4.16. The first kappa shape index (κ1) is 17.1. The Morgan fingerprint density at radius 2 is 1.96 bits per heavy atom. The molecule has 3 N–H and O–H groups in total. The zero-order valence-corrected chi connectivity index (χ0v) is 13.1. The summed E-state index contributed by atoms with van der Waals surface area (Å²) in [4.78, 5) is 40.3. The van der Waals surface area contributed by atoms with E-state index in [1.807, 2.05) is 0 Å². The Labute approximate surface area is 138 Å². The Balaban J connectivity index is 2.14. The van der Waals surface area contributed by atoms with E-state index in [1.54, 1.807) is 36.4 Å². The standard InChI is InChI=1S/C17H17N3O4/c1-24-17(23)14(20-16(22)11-5-4-8-19-10-11)9-15(21)12-6-2-3-7-13(12)18/h2-8,10,14H,9,18H2,1H3,(H,20,22). The molecule has 0 aliphatic rings. The number of nitrogen functional groups attached to an aromatic ring is 1. The molecule has 0 aliphatic heterocycles. The molecular formula is C17H17N3O4. The van der Waals surface area contributed by atoms with E-state index >= 15 is 0 Å². The highest BCUT2D eigenvalue weighted by Crippen LogP contribution is 2.14. The number of nitrogens with two attached hydrogens (primary N) is 1. The predicted molar refractivity (Wildman–Crippen MR) is 87.3 cm³/mol. The van der Waals surface area contributed by atoms with Gasteiger partial charge in [0.1, 0.15) is 6.04 Å². The summed E-state index contributed by atoms with van der Waals surface area (Å²) in [5.74, 6) is -1.60. The lowest BCUT2D eigenvalue weighted by atomic mass is 10.0. The van der Waals surface area contributed by atoms with Crippen LogP contribution in [0, 0.1) is 0 Å². The summed E-state index contributed by atoms with van der Waals surface area (Å²) >= 11 is 0. The first-order valence-corrected chi connectivity index (χ1v) is 7.19. The number of rotatable bonds is 6. The Morgan fingerprint density at radius 1 is 1.21 bits per heavy atom. The summed E-state index contributed by atoms with van der Waals surface area (Å²) < 4.78 is 4.66. The molecular weight excluding hydrogens is 310 g/mol. The number of hydrogen-bond acceptors (Lipinski definition) is 6. The van der Waals surface area contributed by atoms with E-state index in [1.165, 1.54) is 19.5 Å². The van der Waals surface area contributed by atoms with Crippen LogP contribution in [-0.2, 0) is 9.53 Å². The molecule has 24 heavy (non-hydrogen) atoms. The molecule has 7 nitrogen and oxygen atoms in total. The SMILES string of the molecule is COC(=O)C(CC(=O)c1ccccc1N)NC(=O)c1cccnc1. The van der Waals surface area contributed by atoms with Crippen LogP contribution in [0.15, 0.2) is 48.8 Å². The lowest BCUT2D eigenvalue weighted by Crippen LogP contribution is -2.43. The minimum atomic E-state index is -1.12. The monoisotopic (exact) mass is 327 g/mol. The Morgan fingerprint density at radius 3 is 2.58 bits per heavy atom. The van der Waals surface area contributed by atoms with Crippen molar-refractivity contribution in [2.45, 2.75) is 12.5 Å². The van der Waals surface area contributed by atoms with Crippen LogP contribution in [0.1, 0.15) is 27.1 Å². The summed E-state index contributed by atoms with van der Waals surface area (Å²) in [5, 5.41) is 2.49. The number of Topliss-reactive ketones (excluding diaryl/α,β-unsaturated/α-hetero) is 1. The summed E-state index contributed by atoms with van der Waals surface area (Å²) in [5.41, 5.74) is 6.64. The van der Waals surface area contributed by atoms with Gasteiger partial charge in [0.15, 0.2) is 5.78 Å². The number of aromatic nitrogens is 1. The maximum Gasteiger partial charge on any atom is 0.328 e. The van der Waals surface area contributed by atoms with Crippen molar-refractivity contribution in [3.63, 3.8) is 0 Å². The van der Waals surface area contributed by atoms with Crippen LogP contribution in [0.5, 0.6) is 0 Å². The van der Waals surface area contributed by atoms with Crippen LogP contribution in [-0.4, -0.2) is 35.8 Å². The van der Waals surface area contributed by atoms with Crippen molar-refractivity contribution in [3.05, 3.63) is 59.9 Å². The molecule has 0 bridgehead atoms. The van der Waals surface area contributed by atoms with Crippen LogP contribution in [0.25, 0.3) is 0 Å². The van der Waals surface area contributed by atoms with Gasteiger partial charge in [-0.2, -0.15) is 0 Å². The van der Waals surface area contributed by atoms with Gasteiger partial charge in [0, 0.05) is 30.1 Å². The number of pyridine rings is 1. The number of hydrogen-bond donors (Lipinski definition) is 2. The van der Waals surface area contributed by atoms with E-state index in [4.69, 9.17) is 5.73 Å². The molecule has 124 valence electrons. The number of anilines is 1. The number of esters is 1. The number of carbonyl (C=O) groups is 3. The van der Waals surface area contributed by atoms with Gasteiger partial charge < -0.3 is 15.8 Å². The van der Waals surface area contributed by atoms with Gasteiger partial charge in [0.2, 0.25) is 0 Å². The van der Waals surface area contributed by atoms with Crippen molar-refractivity contribution < 1.29 is 19.1 Å². The number of benzene rings is 1. The maximum absolute atomic E-state index is 12.4. The van der Waals surface area contributed by atoms with E-state index in [0.717, 1.165) is 0 Å². The van der Waals surface area contributed by atoms with Crippen LogP contribution < -0.4 is 11.1 Å². The quantitative estimate of drug-likeness (QED) is 0.468. The van der Waals surface area contributed by atoms with Gasteiger partial charge in [0.05, 0.1) is 12.7 Å². The van der Waals surface area contributed by atoms with Crippen LogP contribution in [0.3, 0.4) is 0 Å². The first-order valence-electron chi connectivity index (χ1n) is 7.19. The van der Waals surface area contributed by atoms with E-state index in [9.17, 15) is 14.4 Å². The van der Waals surface area contributed by atoms with Crippen LogP contribution in [0.4, 0.5) is 5.69 Å². The second kappa shape index (κ2) is 7.87. The number of methoxy groups -OCH3 is 1. The number of ether oxygens (including phenoxy) is 1. The van der Waals surface area contributed by atoms with Crippen molar-refractivity contribution in [3.8, 4) is 0 Å². The molecule has 0 saturated heterocycles. The van der Waals surface area contributed by atoms with Gasteiger partial charge in [-0.3, -0.25) is 14.6 Å². The lowest BCUT2D eigenvalue weighted by molar-refractivity contribution is -0.142. The Bertz CT molecular complexity index is 747. The molecule has 2 aromatic rings. The highest BCUT2D eigenvalue weighted by Gasteiger charge is 2.26. The fourth-order valence-electron chi connectivity index (χ4n) is 2.12. The summed E-state index contributed by atoms with van der Waals surface area (Å²) in [6.45, 7) is 0. The van der Waals surface area contributed by atoms with E-state index in [-0.39, 0.29) is 17.8 Å². The van der Waals surface area contributed by atoms with Gasteiger partial charge in [-0.1, -0.05) is 12.1 Å². The molecule has 0 aliphatic carbocycles. The Kier molecular flexibility index (Phi) is 5.62. The summed E-state index contributed by atoms with van der Waals surface area (Å²) in [7, 11) is 1.19.